The molecule has 0 bridgehead atoms. The van der Waals surface area contributed by atoms with E-state index >= 15 is 0 Å². The molecule has 1 rings (SSSR count). The van der Waals surface area contributed by atoms with Gasteiger partial charge in [0.1, 0.15) is 18.2 Å². The molecular weight excluding hydrogens is 236 g/mol. The first kappa shape index (κ1) is 14.1. The van der Waals surface area contributed by atoms with Crippen LogP contribution in [0.2, 0.25) is 0 Å². The zero-order valence-corrected chi connectivity index (χ0v) is 11.4. The molecule has 1 aromatic heterocycles. The SMILES string of the molecule is COCc1nc(N)cc(NC(C)CCSC)n1. The van der Waals surface area contributed by atoms with Crippen molar-refractivity contribution in [3.8, 4) is 0 Å². The molecule has 1 heterocycles. The lowest BCUT2D eigenvalue weighted by Gasteiger charge is -2.14. The summed E-state index contributed by atoms with van der Waals surface area (Å²) in [6, 6.07) is 2.11. The van der Waals surface area contributed by atoms with E-state index in [4.69, 9.17) is 10.5 Å². The van der Waals surface area contributed by atoms with Crippen LogP contribution in [0.1, 0.15) is 19.2 Å². The molecule has 0 aromatic carbocycles. The van der Waals surface area contributed by atoms with Crippen molar-refractivity contribution >= 4 is 23.4 Å². The van der Waals surface area contributed by atoms with E-state index in [1.165, 1.54) is 0 Å². The average molecular weight is 256 g/mol. The van der Waals surface area contributed by atoms with Crippen LogP contribution in [0.25, 0.3) is 0 Å². The van der Waals surface area contributed by atoms with E-state index in [0.717, 1.165) is 18.0 Å². The number of ether oxygens (including phenoxy) is 1. The largest absolute Gasteiger partial charge is 0.384 e. The Morgan fingerprint density at radius 2 is 2.29 bits per heavy atom. The Hall–Kier alpha value is -1.01. The van der Waals surface area contributed by atoms with Crippen molar-refractivity contribution in [3.05, 3.63) is 11.9 Å². The second kappa shape index (κ2) is 7.34. The molecule has 0 radical (unpaired) electrons. The molecule has 1 unspecified atom stereocenters. The van der Waals surface area contributed by atoms with Gasteiger partial charge in [-0.1, -0.05) is 0 Å². The molecule has 0 saturated heterocycles. The standard InChI is InChI=1S/C11H20N4OS/c1-8(4-5-17-3)13-10-6-9(12)14-11(15-10)7-16-2/h6,8H,4-5,7H2,1-3H3,(H3,12,13,14,15). The zero-order chi connectivity index (χ0) is 12.7. The van der Waals surface area contributed by atoms with E-state index in [0.29, 0.717) is 24.3 Å². The number of aromatic nitrogens is 2. The van der Waals surface area contributed by atoms with Gasteiger partial charge in [0.2, 0.25) is 0 Å². The Morgan fingerprint density at radius 1 is 1.53 bits per heavy atom. The number of anilines is 2. The Balaban J connectivity index is 2.63. The lowest BCUT2D eigenvalue weighted by atomic mass is 10.2. The van der Waals surface area contributed by atoms with Crippen LogP contribution >= 0.6 is 11.8 Å². The lowest BCUT2D eigenvalue weighted by Crippen LogP contribution is -2.18. The summed E-state index contributed by atoms with van der Waals surface area (Å²) in [4.78, 5) is 8.43. The van der Waals surface area contributed by atoms with Gasteiger partial charge in [0.05, 0.1) is 0 Å². The number of hydrogen-bond donors (Lipinski definition) is 2. The van der Waals surface area contributed by atoms with E-state index < -0.39 is 0 Å². The number of hydrogen-bond acceptors (Lipinski definition) is 6. The molecule has 0 aliphatic rings. The Morgan fingerprint density at radius 3 is 2.94 bits per heavy atom. The third-order valence-electron chi connectivity index (χ3n) is 2.21. The number of methoxy groups -OCH3 is 1. The van der Waals surface area contributed by atoms with E-state index in [1.54, 1.807) is 13.2 Å². The third-order valence-corrected chi connectivity index (χ3v) is 2.86. The molecule has 1 atom stereocenters. The van der Waals surface area contributed by atoms with Crippen molar-refractivity contribution in [2.45, 2.75) is 26.0 Å². The topological polar surface area (TPSA) is 73.1 Å². The summed E-state index contributed by atoms with van der Waals surface area (Å²) >= 11 is 1.84. The van der Waals surface area contributed by atoms with Crippen molar-refractivity contribution in [2.24, 2.45) is 0 Å². The highest BCUT2D eigenvalue weighted by Crippen LogP contribution is 2.12. The van der Waals surface area contributed by atoms with Crippen LogP contribution in [-0.4, -0.2) is 35.1 Å². The number of nitrogen functional groups attached to an aromatic ring is 1. The van der Waals surface area contributed by atoms with Crippen LogP contribution in [0, 0.1) is 0 Å². The van der Waals surface area contributed by atoms with Gasteiger partial charge in [-0.25, -0.2) is 9.97 Å². The van der Waals surface area contributed by atoms with Gasteiger partial charge in [0.15, 0.2) is 5.82 Å². The van der Waals surface area contributed by atoms with Crippen molar-refractivity contribution < 1.29 is 4.74 Å². The van der Waals surface area contributed by atoms with Crippen LogP contribution in [0.3, 0.4) is 0 Å². The average Bonchev–Trinajstić information content (AvgIpc) is 2.26. The minimum absolute atomic E-state index is 0.368. The molecule has 0 fully saturated rings. The summed E-state index contributed by atoms with van der Waals surface area (Å²) in [6.45, 7) is 2.50. The number of nitrogens with two attached hydrogens (primary N) is 1. The summed E-state index contributed by atoms with van der Waals surface area (Å²) in [6.07, 6.45) is 3.19. The maximum atomic E-state index is 5.71. The lowest BCUT2D eigenvalue weighted by molar-refractivity contribution is 0.178. The number of nitrogens with zero attached hydrogens (tertiary/aromatic N) is 2. The van der Waals surface area contributed by atoms with Crippen LogP contribution in [0.4, 0.5) is 11.6 Å². The highest BCUT2D eigenvalue weighted by atomic mass is 32.2. The maximum Gasteiger partial charge on any atom is 0.158 e. The van der Waals surface area contributed by atoms with E-state index in [1.807, 2.05) is 11.8 Å². The molecule has 0 aliphatic heterocycles. The highest BCUT2D eigenvalue weighted by Gasteiger charge is 2.06. The Kier molecular flexibility index (Phi) is 6.07. The molecular formula is C11H20N4OS. The second-order valence-electron chi connectivity index (χ2n) is 3.85. The maximum absolute atomic E-state index is 5.71. The number of nitrogens with one attached hydrogen (secondary N) is 1. The van der Waals surface area contributed by atoms with Gasteiger partial charge in [-0.05, 0) is 25.4 Å². The van der Waals surface area contributed by atoms with Gasteiger partial charge in [-0.2, -0.15) is 11.8 Å². The fourth-order valence-corrected chi connectivity index (χ4v) is 1.99. The summed E-state index contributed by atoms with van der Waals surface area (Å²) in [5.74, 6) is 2.96. The van der Waals surface area contributed by atoms with E-state index in [-0.39, 0.29) is 0 Å². The predicted molar refractivity (Wildman–Crippen MR) is 73.2 cm³/mol. The van der Waals surface area contributed by atoms with Gasteiger partial charge in [-0.15, -0.1) is 0 Å². The molecule has 0 aliphatic carbocycles. The minimum Gasteiger partial charge on any atom is -0.384 e. The summed E-state index contributed by atoms with van der Waals surface area (Å²) in [5.41, 5.74) is 5.71. The zero-order valence-electron chi connectivity index (χ0n) is 10.6. The van der Waals surface area contributed by atoms with Gasteiger partial charge in [0.25, 0.3) is 0 Å². The molecule has 6 heteroatoms. The van der Waals surface area contributed by atoms with Crippen LogP contribution in [0.5, 0.6) is 0 Å². The van der Waals surface area contributed by atoms with Gasteiger partial charge >= 0.3 is 0 Å². The van der Waals surface area contributed by atoms with Crippen molar-refractivity contribution in [3.63, 3.8) is 0 Å². The van der Waals surface area contributed by atoms with Crippen molar-refractivity contribution in [1.82, 2.24) is 9.97 Å². The Bertz CT molecular complexity index is 348. The summed E-state index contributed by atoms with van der Waals surface area (Å²) in [7, 11) is 1.61. The summed E-state index contributed by atoms with van der Waals surface area (Å²) < 4.78 is 5.00. The van der Waals surface area contributed by atoms with E-state index in [2.05, 4.69) is 28.5 Å². The number of rotatable bonds is 7. The van der Waals surface area contributed by atoms with Crippen LogP contribution < -0.4 is 11.1 Å². The molecule has 0 amide bonds. The fraction of sp³-hybridized carbons (Fsp3) is 0.636. The first-order valence-corrected chi connectivity index (χ1v) is 6.93. The predicted octanol–water partition coefficient (Wildman–Crippen LogP) is 1.76. The monoisotopic (exact) mass is 256 g/mol. The minimum atomic E-state index is 0.368. The first-order chi connectivity index (χ1) is 8.15. The van der Waals surface area contributed by atoms with Gasteiger partial charge in [0, 0.05) is 19.2 Å². The van der Waals surface area contributed by atoms with Gasteiger partial charge in [-0.3, -0.25) is 0 Å². The van der Waals surface area contributed by atoms with Crippen molar-refractivity contribution in [1.29, 1.82) is 0 Å². The van der Waals surface area contributed by atoms with E-state index in [9.17, 15) is 0 Å². The molecule has 5 nitrogen and oxygen atoms in total. The number of thioether (sulfide) groups is 1. The fourth-order valence-electron chi connectivity index (χ4n) is 1.40. The van der Waals surface area contributed by atoms with Crippen LogP contribution in [0.15, 0.2) is 6.07 Å². The molecule has 3 N–H and O–H groups in total. The highest BCUT2D eigenvalue weighted by molar-refractivity contribution is 7.98. The van der Waals surface area contributed by atoms with Crippen molar-refractivity contribution in [2.75, 3.05) is 30.2 Å². The normalized spacial score (nSPS) is 12.4. The Labute approximate surface area is 107 Å². The van der Waals surface area contributed by atoms with Gasteiger partial charge < -0.3 is 15.8 Å². The quantitative estimate of drug-likeness (QED) is 0.774. The van der Waals surface area contributed by atoms with Crippen LogP contribution in [-0.2, 0) is 11.3 Å². The second-order valence-corrected chi connectivity index (χ2v) is 4.84. The molecule has 96 valence electrons. The molecule has 17 heavy (non-hydrogen) atoms. The molecule has 0 spiro atoms. The first-order valence-electron chi connectivity index (χ1n) is 5.53. The summed E-state index contributed by atoms with van der Waals surface area (Å²) in [5, 5.41) is 3.32. The smallest absolute Gasteiger partial charge is 0.158 e. The third kappa shape index (κ3) is 5.23. The molecule has 1 aromatic rings. The molecule has 0 saturated carbocycles.